The van der Waals surface area contributed by atoms with Gasteiger partial charge in [-0.25, -0.2) is 0 Å². The first-order chi connectivity index (χ1) is 8.97. The maximum absolute atomic E-state index is 10.7. The average molecular weight is 262 g/mol. The van der Waals surface area contributed by atoms with E-state index < -0.39 is 0 Å². The molecule has 0 amide bonds. The molecule has 108 valence electrons. The minimum atomic E-state index is 0.424. The van der Waals surface area contributed by atoms with E-state index >= 15 is 0 Å². The lowest BCUT2D eigenvalue weighted by molar-refractivity contribution is 0.446. The summed E-state index contributed by atoms with van der Waals surface area (Å²) in [5.41, 5.74) is 3.64. The van der Waals surface area contributed by atoms with Gasteiger partial charge in [0, 0.05) is 5.56 Å². The van der Waals surface area contributed by atoms with Gasteiger partial charge in [0.25, 0.3) is 0 Å². The summed E-state index contributed by atoms with van der Waals surface area (Å²) >= 11 is 0. The first kappa shape index (κ1) is 16.1. The fourth-order valence-electron chi connectivity index (χ4n) is 2.63. The van der Waals surface area contributed by atoms with Crippen molar-refractivity contribution in [1.82, 2.24) is 0 Å². The number of phenolic OH excluding ortho intramolecular Hbond substituents is 1. The Bertz CT molecular complexity index is 408. The minimum absolute atomic E-state index is 0.424. The van der Waals surface area contributed by atoms with E-state index in [0.717, 1.165) is 24.8 Å². The molecule has 0 fully saturated rings. The first-order valence-electron chi connectivity index (χ1n) is 7.83. The van der Waals surface area contributed by atoms with E-state index in [0.29, 0.717) is 23.5 Å². The molecule has 0 bridgehead atoms. The van der Waals surface area contributed by atoms with E-state index in [4.69, 9.17) is 0 Å². The number of aromatic hydroxyl groups is 1. The molecule has 3 atom stereocenters. The monoisotopic (exact) mass is 262 g/mol. The normalized spacial score (nSPS) is 16.1. The lowest BCUT2D eigenvalue weighted by Gasteiger charge is -2.24. The van der Waals surface area contributed by atoms with Gasteiger partial charge in [-0.15, -0.1) is 0 Å². The fraction of sp³-hybridized carbons (Fsp3) is 0.667. The van der Waals surface area contributed by atoms with Crippen LogP contribution in [0.1, 0.15) is 95.2 Å². The number of rotatable bonds is 6. The van der Waals surface area contributed by atoms with E-state index in [1.54, 1.807) is 0 Å². The fourth-order valence-corrected chi connectivity index (χ4v) is 2.63. The van der Waals surface area contributed by atoms with Crippen molar-refractivity contribution in [3.05, 3.63) is 28.8 Å². The Hall–Kier alpha value is -0.980. The van der Waals surface area contributed by atoms with Crippen molar-refractivity contribution in [3.63, 3.8) is 0 Å². The average Bonchev–Trinajstić information content (AvgIpc) is 2.44. The quantitative estimate of drug-likeness (QED) is 0.673. The maximum atomic E-state index is 10.7. The van der Waals surface area contributed by atoms with Crippen molar-refractivity contribution in [2.75, 3.05) is 0 Å². The van der Waals surface area contributed by atoms with E-state index in [-0.39, 0.29) is 0 Å². The highest BCUT2D eigenvalue weighted by Crippen LogP contribution is 2.41. The molecule has 0 aliphatic carbocycles. The molecule has 0 saturated heterocycles. The third kappa shape index (κ3) is 3.32. The number of hydrogen-bond acceptors (Lipinski definition) is 1. The third-order valence-corrected chi connectivity index (χ3v) is 4.67. The van der Waals surface area contributed by atoms with E-state index in [9.17, 15) is 5.11 Å². The van der Waals surface area contributed by atoms with Gasteiger partial charge in [-0.1, -0.05) is 53.7 Å². The molecule has 0 heterocycles. The minimum Gasteiger partial charge on any atom is -0.507 e. The highest BCUT2D eigenvalue weighted by molar-refractivity contribution is 5.50. The van der Waals surface area contributed by atoms with Crippen LogP contribution < -0.4 is 0 Å². The molecule has 0 aliphatic rings. The summed E-state index contributed by atoms with van der Waals surface area (Å²) in [6, 6.07) is 4.38. The van der Waals surface area contributed by atoms with E-state index in [1.165, 1.54) is 11.1 Å². The Balaban J connectivity index is 3.40. The highest BCUT2D eigenvalue weighted by atomic mass is 16.3. The van der Waals surface area contributed by atoms with Gasteiger partial charge in [0.15, 0.2) is 0 Å². The van der Waals surface area contributed by atoms with Crippen molar-refractivity contribution >= 4 is 0 Å². The Labute approximate surface area is 119 Å². The summed E-state index contributed by atoms with van der Waals surface area (Å²) in [7, 11) is 0. The molecule has 0 spiro atoms. The Kier molecular flexibility index (Phi) is 5.90. The molecule has 19 heavy (non-hydrogen) atoms. The Morgan fingerprint density at radius 2 is 1.21 bits per heavy atom. The van der Waals surface area contributed by atoms with Crippen molar-refractivity contribution in [2.45, 2.75) is 78.6 Å². The first-order valence-corrected chi connectivity index (χ1v) is 7.83. The molecule has 0 saturated carbocycles. The summed E-state index contributed by atoms with van der Waals surface area (Å²) in [5.74, 6) is 1.92. The zero-order valence-corrected chi connectivity index (χ0v) is 13.5. The molecule has 1 nitrogen and oxygen atoms in total. The van der Waals surface area contributed by atoms with Crippen LogP contribution in [-0.4, -0.2) is 5.11 Å². The summed E-state index contributed by atoms with van der Waals surface area (Å²) in [5, 5.41) is 10.7. The van der Waals surface area contributed by atoms with Crippen LogP contribution in [0.15, 0.2) is 12.1 Å². The second kappa shape index (κ2) is 6.98. The molecule has 1 N–H and O–H groups in total. The van der Waals surface area contributed by atoms with Crippen molar-refractivity contribution in [1.29, 1.82) is 0 Å². The summed E-state index contributed by atoms with van der Waals surface area (Å²) in [6.45, 7) is 13.3. The standard InChI is InChI=1S/C18H30O/c1-7-12(4)15-10-11-16(13(5)8-2)18(19)17(15)14(6)9-3/h10-14,19H,7-9H2,1-6H3. The van der Waals surface area contributed by atoms with Crippen LogP contribution in [0.2, 0.25) is 0 Å². The predicted molar refractivity (Wildman–Crippen MR) is 84.2 cm³/mol. The zero-order chi connectivity index (χ0) is 14.6. The van der Waals surface area contributed by atoms with Crippen LogP contribution in [0.25, 0.3) is 0 Å². The Morgan fingerprint density at radius 3 is 1.68 bits per heavy atom. The number of hydrogen-bond donors (Lipinski definition) is 1. The summed E-state index contributed by atoms with van der Waals surface area (Å²) < 4.78 is 0. The smallest absolute Gasteiger partial charge is 0.122 e. The van der Waals surface area contributed by atoms with Crippen LogP contribution in [0.4, 0.5) is 0 Å². The van der Waals surface area contributed by atoms with Gasteiger partial charge in [0.1, 0.15) is 5.75 Å². The van der Waals surface area contributed by atoms with Crippen LogP contribution in [0.3, 0.4) is 0 Å². The maximum Gasteiger partial charge on any atom is 0.122 e. The van der Waals surface area contributed by atoms with Gasteiger partial charge in [0.2, 0.25) is 0 Å². The van der Waals surface area contributed by atoms with Crippen LogP contribution in [-0.2, 0) is 0 Å². The molecule has 0 aliphatic heterocycles. The highest BCUT2D eigenvalue weighted by Gasteiger charge is 2.21. The van der Waals surface area contributed by atoms with Crippen molar-refractivity contribution in [2.24, 2.45) is 0 Å². The molecule has 3 unspecified atom stereocenters. The van der Waals surface area contributed by atoms with Gasteiger partial charge < -0.3 is 5.11 Å². The number of benzene rings is 1. The predicted octanol–water partition coefficient (Wildman–Crippen LogP) is 5.93. The SMILES string of the molecule is CCC(C)c1ccc(C(C)CC)c(C(C)CC)c1O. The van der Waals surface area contributed by atoms with Crippen LogP contribution >= 0.6 is 0 Å². The zero-order valence-electron chi connectivity index (χ0n) is 13.5. The molecule has 0 aromatic heterocycles. The van der Waals surface area contributed by atoms with Gasteiger partial charge in [-0.05, 0) is 48.1 Å². The van der Waals surface area contributed by atoms with Gasteiger partial charge >= 0.3 is 0 Å². The van der Waals surface area contributed by atoms with Crippen LogP contribution in [0, 0.1) is 0 Å². The Morgan fingerprint density at radius 1 is 0.789 bits per heavy atom. The summed E-state index contributed by atoms with van der Waals surface area (Å²) in [4.78, 5) is 0. The van der Waals surface area contributed by atoms with Gasteiger partial charge in [0.05, 0.1) is 0 Å². The molecule has 0 radical (unpaired) electrons. The molecule has 1 rings (SSSR count). The van der Waals surface area contributed by atoms with Crippen LogP contribution in [0.5, 0.6) is 5.75 Å². The summed E-state index contributed by atoms with van der Waals surface area (Å²) in [6.07, 6.45) is 3.25. The number of phenols is 1. The lowest BCUT2D eigenvalue weighted by Crippen LogP contribution is -2.05. The van der Waals surface area contributed by atoms with Crippen molar-refractivity contribution < 1.29 is 5.11 Å². The van der Waals surface area contributed by atoms with E-state index in [2.05, 4.69) is 53.7 Å². The second-order valence-electron chi connectivity index (χ2n) is 5.93. The second-order valence-corrected chi connectivity index (χ2v) is 5.93. The van der Waals surface area contributed by atoms with Crippen molar-refractivity contribution in [3.8, 4) is 5.75 Å². The third-order valence-electron chi connectivity index (χ3n) is 4.67. The van der Waals surface area contributed by atoms with Gasteiger partial charge in [-0.3, -0.25) is 0 Å². The molecule has 1 aromatic rings. The van der Waals surface area contributed by atoms with E-state index in [1.807, 2.05) is 0 Å². The largest absolute Gasteiger partial charge is 0.507 e. The lowest BCUT2D eigenvalue weighted by atomic mass is 9.82. The van der Waals surface area contributed by atoms with Gasteiger partial charge in [-0.2, -0.15) is 0 Å². The molecular formula is C18H30O. The topological polar surface area (TPSA) is 20.2 Å². The molecule has 1 heteroatoms. The molecular weight excluding hydrogens is 232 g/mol. The molecule has 1 aromatic carbocycles.